The molecule has 0 spiro atoms. The lowest BCUT2D eigenvalue weighted by atomic mass is 10.3. The van der Waals surface area contributed by atoms with Crippen LogP contribution in [0.25, 0.3) is 0 Å². The van der Waals surface area contributed by atoms with Crippen LogP contribution >= 0.6 is 0 Å². The lowest BCUT2D eigenvalue weighted by Crippen LogP contribution is -2.50. The maximum absolute atomic E-state index is 12.3. The Morgan fingerprint density at radius 1 is 1.04 bits per heavy atom. The van der Waals surface area contributed by atoms with Crippen LogP contribution in [0.2, 0.25) is 0 Å². The number of ether oxygens (including phenoxy) is 1. The van der Waals surface area contributed by atoms with Crippen molar-refractivity contribution in [3.05, 3.63) is 42.5 Å². The standard InChI is InChI=1S/C18H23N5O2/c1-21(2)16-8-9-17(20-19-16)22-10-12-23(13-11-22)18(24)14-25-15-6-4-3-5-7-15/h3-9H,10-14H2,1-2H3. The van der Waals surface area contributed by atoms with Crippen LogP contribution in [0.5, 0.6) is 5.75 Å². The molecule has 1 saturated heterocycles. The Hall–Kier alpha value is -2.83. The van der Waals surface area contributed by atoms with Gasteiger partial charge in [-0.25, -0.2) is 0 Å². The van der Waals surface area contributed by atoms with E-state index in [0.717, 1.165) is 24.7 Å². The monoisotopic (exact) mass is 341 g/mol. The highest BCUT2D eigenvalue weighted by atomic mass is 16.5. The van der Waals surface area contributed by atoms with Gasteiger partial charge in [0, 0.05) is 40.3 Å². The Morgan fingerprint density at radius 2 is 1.76 bits per heavy atom. The second-order valence-electron chi connectivity index (χ2n) is 6.11. The highest BCUT2D eigenvalue weighted by Crippen LogP contribution is 2.15. The van der Waals surface area contributed by atoms with E-state index in [0.29, 0.717) is 18.8 Å². The second-order valence-corrected chi connectivity index (χ2v) is 6.11. The molecule has 0 saturated carbocycles. The predicted molar refractivity (Wildman–Crippen MR) is 97.1 cm³/mol. The van der Waals surface area contributed by atoms with Crippen LogP contribution in [0, 0.1) is 0 Å². The molecule has 0 N–H and O–H groups in total. The van der Waals surface area contributed by atoms with Crippen LogP contribution in [0.4, 0.5) is 11.6 Å². The fourth-order valence-electron chi connectivity index (χ4n) is 2.66. The Bertz CT molecular complexity index is 682. The van der Waals surface area contributed by atoms with Crippen molar-refractivity contribution >= 4 is 17.5 Å². The zero-order chi connectivity index (χ0) is 17.6. The van der Waals surface area contributed by atoms with Crippen LogP contribution in [0.3, 0.4) is 0 Å². The maximum atomic E-state index is 12.3. The van der Waals surface area contributed by atoms with Gasteiger partial charge >= 0.3 is 0 Å². The van der Waals surface area contributed by atoms with E-state index in [-0.39, 0.29) is 12.5 Å². The molecule has 0 aliphatic carbocycles. The number of hydrogen-bond donors (Lipinski definition) is 0. The minimum atomic E-state index is 0.0116. The first-order chi connectivity index (χ1) is 12.1. The third-order valence-corrected chi connectivity index (χ3v) is 4.16. The first-order valence-corrected chi connectivity index (χ1v) is 8.35. The lowest BCUT2D eigenvalue weighted by molar-refractivity contribution is -0.133. The van der Waals surface area contributed by atoms with E-state index in [1.165, 1.54) is 0 Å². The van der Waals surface area contributed by atoms with Gasteiger partial charge in [0.2, 0.25) is 0 Å². The summed E-state index contributed by atoms with van der Waals surface area (Å²) >= 11 is 0. The number of carbonyl (C=O) groups excluding carboxylic acids is 1. The molecular formula is C18H23N5O2. The summed E-state index contributed by atoms with van der Waals surface area (Å²) < 4.78 is 5.54. The highest BCUT2D eigenvalue weighted by molar-refractivity contribution is 5.78. The fourth-order valence-corrected chi connectivity index (χ4v) is 2.66. The van der Waals surface area contributed by atoms with Gasteiger partial charge in [-0.05, 0) is 24.3 Å². The minimum absolute atomic E-state index is 0.0116. The van der Waals surface area contributed by atoms with Crippen molar-refractivity contribution in [3.63, 3.8) is 0 Å². The van der Waals surface area contributed by atoms with E-state index < -0.39 is 0 Å². The zero-order valence-corrected chi connectivity index (χ0v) is 14.6. The van der Waals surface area contributed by atoms with Gasteiger partial charge < -0.3 is 19.4 Å². The second kappa shape index (κ2) is 7.83. The number of aromatic nitrogens is 2. The summed E-state index contributed by atoms with van der Waals surface area (Å²) in [6.45, 7) is 2.88. The number of amides is 1. The molecule has 0 bridgehead atoms. The van der Waals surface area contributed by atoms with Crippen LogP contribution in [0.15, 0.2) is 42.5 Å². The molecule has 0 atom stereocenters. The first kappa shape index (κ1) is 17.0. The molecule has 2 heterocycles. The summed E-state index contributed by atoms with van der Waals surface area (Å²) in [5.74, 6) is 2.40. The van der Waals surface area contributed by atoms with Gasteiger partial charge in [0.25, 0.3) is 5.91 Å². The van der Waals surface area contributed by atoms with Gasteiger partial charge in [-0.2, -0.15) is 0 Å². The molecule has 1 aliphatic heterocycles. The lowest BCUT2D eigenvalue weighted by Gasteiger charge is -2.35. The summed E-state index contributed by atoms with van der Waals surface area (Å²) in [4.78, 5) is 18.2. The molecule has 1 aromatic heterocycles. The molecule has 0 unspecified atom stereocenters. The Morgan fingerprint density at radius 3 is 2.36 bits per heavy atom. The molecule has 3 rings (SSSR count). The summed E-state index contributed by atoms with van der Waals surface area (Å²) in [6, 6.07) is 13.3. The van der Waals surface area contributed by atoms with Gasteiger partial charge in [-0.3, -0.25) is 4.79 Å². The summed E-state index contributed by atoms with van der Waals surface area (Å²) in [5, 5.41) is 8.48. The first-order valence-electron chi connectivity index (χ1n) is 8.35. The molecule has 1 amide bonds. The molecule has 1 aromatic carbocycles. The minimum Gasteiger partial charge on any atom is -0.484 e. The summed E-state index contributed by atoms with van der Waals surface area (Å²) in [5.41, 5.74) is 0. The number of benzene rings is 1. The molecule has 0 radical (unpaired) electrons. The molecule has 1 fully saturated rings. The smallest absolute Gasteiger partial charge is 0.260 e. The SMILES string of the molecule is CN(C)c1ccc(N2CCN(C(=O)COc3ccccc3)CC2)nn1. The molecule has 132 valence electrons. The Labute approximate surface area is 147 Å². The van der Waals surface area contributed by atoms with Crippen LogP contribution in [0.1, 0.15) is 0 Å². The topological polar surface area (TPSA) is 61.8 Å². The number of hydrogen-bond acceptors (Lipinski definition) is 6. The molecule has 7 heteroatoms. The maximum Gasteiger partial charge on any atom is 0.260 e. The van der Waals surface area contributed by atoms with Crippen LogP contribution in [-0.2, 0) is 4.79 Å². The highest BCUT2D eigenvalue weighted by Gasteiger charge is 2.22. The van der Waals surface area contributed by atoms with E-state index in [9.17, 15) is 4.79 Å². The Kier molecular flexibility index (Phi) is 5.33. The number of nitrogens with zero attached hydrogens (tertiary/aromatic N) is 5. The van der Waals surface area contributed by atoms with Crippen molar-refractivity contribution in [2.45, 2.75) is 0 Å². The van der Waals surface area contributed by atoms with Crippen molar-refractivity contribution < 1.29 is 9.53 Å². The Balaban J connectivity index is 1.48. The predicted octanol–water partition coefficient (Wildman–Crippen LogP) is 1.27. The summed E-state index contributed by atoms with van der Waals surface area (Å²) in [7, 11) is 3.87. The van der Waals surface area contributed by atoms with Gasteiger partial charge in [-0.1, -0.05) is 18.2 Å². The molecular weight excluding hydrogens is 318 g/mol. The van der Waals surface area contributed by atoms with Crippen molar-refractivity contribution in [2.75, 3.05) is 56.7 Å². The van der Waals surface area contributed by atoms with E-state index in [4.69, 9.17) is 4.74 Å². The molecule has 25 heavy (non-hydrogen) atoms. The molecule has 7 nitrogen and oxygen atoms in total. The van der Waals surface area contributed by atoms with Crippen molar-refractivity contribution in [1.29, 1.82) is 0 Å². The van der Waals surface area contributed by atoms with Crippen LogP contribution in [-0.4, -0.2) is 67.9 Å². The van der Waals surface area contributed by atoms with Gasteiger partial charge in [0.1, 0.15) is 5.75 Å². The number of anilines is 2. The van der Waals surface area contributed by atoms with E-state index in [1.807, 2.05) is 66.4 Å². The van der Waals surface area contributed by atoms with Gasteiger partial charge in [0.05, 0.1) is 0 Å². The number of para-hydroxylation sites is 1. The van der Waals surface area contributed by atoms with Gasteiger partial charge in [-0.15, -0.1) is 10.2 Å². The zero-order valence-electron chi connectivity index (χ0n) is 14.6. The number of piperazine rings is 1. The van der Waals surface area contributed by atoms with E-state index in [1.54, 1.807) is 0 Å². The van der Waals surface area contributed by atoms with E-state index in [2.05, 4.69) is 15.1 Å². The van der Waals surface area contributed by atoms with Crippen molar-refractivity contribution in [2.24, 2.45) is 0 Å². The number of rotatable bonds is 5. The van der Waals surface area contributed by atoms with E-state index >= 15 is 0 Å². The van der Waals surface area contributed by atoms with Gasteiger partial charge in [0.15, 0.2) is 18.2 Å². The summed E-state index contributed by atoms with van der Waals surface area (Å²) in [6.07, 6.45) is 0. The molecule has 2 aromatic rings. The third kappa shape index (κ3) is 4.37. The molecule has 1 aliphatic rings. The fraction of sp³-hybridized carbons (Fsp3) is 0.389. The average Bonchev–Trinajstić information content (AvgIpc) is 2.67. The normalized spacial score (nSPS) is 14.3. The number of carbonyl (C=O) groups is 1. The van der Waals surface area contributed by atoms with Crippen molar-refractivity contribution in [1.82, 2.24) is 15.1 Å². The largest absolute Gasteiger partial charge is 0.484 e. The van der Waals surface area contributed by atoms with Crippen LogP contribution < -0.4 is 14.5 Å². The quantitative estimate of drug-likeness (QED) is 0.816. The van der Waals surface area contributed by atoms with Crippen molar-refractivity contribution in [3.8, 4) is 5.75 Å². The average molecular weight is 341 g/mol. The third-order valence-electron chi connectivity index (χ3n) is 4.16.